The summed E-state index contributed by atoms with van der Waals surface area (Å²) in [5.74, 6) is 0.569. The molecule has 2 aromatic rings. The van der Waals surface area contributed by atoms with Crippen LogP contribution in [-0.2, 0) is 17.6 Å². The third-order valence-corrected chi connectivity index (χ3v) is 3.46. The molecule has 0 aliphatic rings. The first-order valence-corrected chi connectivity index (χ1v) is 7.32. The van der Waals surface area contributed by atoms with E-state index in [4.69, 9.17) is 4.74 Å². The quantitative estimate of drug-likeness (QED) is 0.853. The highest BCUT2D eigenvalue weighted by Gasteiger charge is 2.06. The minimum Gasteiger partial charge on any atom is -0.496 e. The largest absolute Gasteiger partial charge is 0.496 e. The summed E-state index contributed by atoms with van der Waals surface area (Å²) < 4.78 is 18.0. The number of methoxy groups -OCH3 is 1. The van der Waals surface area contributed by atoms with Gasteiger partial charge in [0, 0.05) is 13.0 Å². The monoisotopic (exact) mass is 301 g/mol. The topological polar surface area (TPSA) is 38.3 Å². The van der Waals surface area contributed by atoms with Crippen molar-refractivity contribution in [2.45, 2.75) is 19.3 Å². The van der Waals surface area contributed by atoms with Gasteiger partial charge in [0.15, 0.2) is 0 Å². The van der Waals surface area contributed by atoms with Crippen LogP contribution >= 0.6 is 0 Å². The fraction of sp³-hybridized carbons (Fsp3) is 0.278. The van der Waals surface area contributed by atoms with E-state index in [0.29, 0.717) is 25.8 Å². The molecule has 0 aliphatic carbocycles. The van der Waals surface area contributed by atoms with Gasteiger partial charge in [-0.25, -0.2) is 4.39 Å². The van der Waals surface area contributed by atoms with E-state index in [2.05, 4.69) is 5.32 Å². The number of halogens is 1. The van der Waals surface area contributed by atoms with Crippen LogP contribution in [0.3, 0.4) is 0 Å². The number of hydrogen-bond acceptors (Lipinski definition) is 2. The fourth-order valence-corrected chi connectivity index (χ4v) is 2.24. The molecule has 0 spiro atoms. The van der Waals surface area contributed by atoms with Gasteiger partial charge >= 0.3 is 0 Å². The Hall–Kier alpha value is -2.36. The molecule has 0 bridgehead atoms. The molecule has 1 amide bonds. The predicted molar refractivity (Wildman–Crippen MR) is 84.4 cm³/mol. The van der Waals surface area contributed by atoms with Crippen molar-refractivity contribution in [1.82, 2.24) is 5.32 Å². The molecule has 2 rings (SSSR count). The summed E-state index contributed by atoms with van der Waals surface area (Å²) in [6.07, 6.45) is 1.76. The molecule has 0 aromatic heterocycles. The molecule has 0 saturated heterocycles. The van der Waals surface area contributed by atoms with Crippen molar-refractivity contribution in [3.05, 3.63) is 65.5 Å². The van der Waals surface area contributed by atoms with Crippen LogP contribution in [0.15, 0.2) is 48.5 Å². The number of amides is 1. The van der Waals surface area contributed by atoms with Gasteiger partial charge in [0.25, 0.3) is 0 Å². The number of para-hydroxylation sites is 1. The zero-order chi connectivity index (χ0) is 15.8. The van der Waals surface area contributed by atoms with E-state index in [0.717, 1.165) is 16.9 Å². The van der Waals surface area contributed by atoms with E-state index in [1.54, 1.807) is 19.2 Å². The summed E-state index contributed by atoms with van der Waals surface area (Å²) >= 11 is 0. The molecule has 0 atom stereocenters. The van der Waals surface area contributed by atoms with Crippen LogP contribution in [-0.4, -0.2) is 19.6 Å². The van der Waals surface area contributed by atoms with Gasteiger partial charge in [-0.05, 0) is 42.2 Å². The lowest BCUT2D eigenvalue weighted by Crippen LogP contribution is -2.25. The summed E-state index contributed by atoms with van der Waals surface area (Å²) in [6, 6.07) is 14.0. The second-order valence-corrected chi connectivity index (χ2v) is 5.04. The normalized spacial score (nSPS) is 10.3. The maximum atomic E-state index is 12.8. The Morgan fingerprint density at radius 1 is 1.09 bits per heavy atom. The van der Waals surface area contributed by atoms with E-state index >= 15 is 0 Å². The molecule has 116 valence electrons. The number of carbonyl (C=O) groups excluding carboxylic acids is 1. The van der Waals surface area contributed by atoms with Gasteiger partial charge in [0.2, 0.25) is 5.91 Å². The SMILES string of the molecule is COc1ccccc1CCC(=O)NCCc1ccc(F)cc1. The van der Waals surface area contributed by atoms with E-state index in [9.17, 15) is 9.18 Å². The van der Waals surface area contributed by atoms with Crippen LogP contribution in [0.25, 0.3) is 0 Å². The smallest absolute Gasteiger partial charge is 0.220 e. The molecule has 3 nitrogen and oxygen atoms in total. The first kappa shape index (κ1) is 16.0. The molecule has 0 unspecified atom stereocenters. The lowest BCUT2D eigenvalue weighted by atomic mass is 10.1. The highest BCUT2D eigenvalue weighted by molar-refractivity contribution is 5.76. The van der Waals surface area contributed by atoms with Crippen molar-refractivity contribution >= 4 is 5.91 Å². The second-order valence-electron chi connectivity index (χ2n) is 5.04. The number of rotatable bonds is 7. The number of carbonyl (C=O) groups is 1. The van der Waals surface area contributed by atoms with Gasteiger partial charge in [-0.1, -0.05) is 30.3 Å². The summed E-state index contributed by atoms with van der Waals surface area (Å²) in [5.41, 5.74) is 2.03. The predicted octanol–water partition coefficient (Wildman–Crippen LogP) is 3.13. The average molecular weight is 301 g/mol. The van der Waals surface area contributed by atoms with Crippen LogP contribution in [0.2, 0.25) is 0 Å². The highest BCUT2D eigenvalue weighted by Crippen LogP contribution is 2.18. The molecule has 22 heavy (non-hydrogen) atoms. The number of benzene rings is 2. The third-order valence-electron chi connectivity index (χ3n) is 3.46. The molecular weight excluding hydrogens is 281 g/mol. The lowest BCUT2D eigenvalue weighted by molar-refractivity contribution is -0.121. The molecule has 0 heterocycles. The molecule has 4 heteroatoms. The first-order valence-electron chi connectivity index (χ1n) is 7.32. The van der Waals surface area contributed by atoms with Crippen molar-refractivity contribution < 1.29 is 13.9 Å². The van der Waals surface area contributed by atoms with E-state index in [-0.39, 0.29) is 11.7 Å². The van der Waals surface area contributed by atoms with Crippen LogP contribution in [0.1, 0.15) is 17.5 Å². The van der Waals surface area contributed by atoms with Gasteiger partial charge in [-0.3, -0.25) is 4.79 Å². The molecular formula is C18H20FNO2. The fourth-order valence-electron chi connectivity index (χ4n) is 2.24. The van der Waals surface area contributed by atoms with Gasteiger partial charge in [0.05, 0.1) is 7.11 Å². The Morgan fingerprint density at radius 2 is 1.82 bits per heavy atom. The van der Waals surface area contributed by atoms with Crippen molar-refractivity contribution in [3.8, 4) is 5.75 Å². The van der Waals surface area contributed by atoms with Crippen LogP contribution in [0, 0.1) is 5.82 Å². The number of hydrogen-bond donors (Lipinski definition) is 1. The summed E-state index contributed by atoms with van der Waals surface area (Å²) in [7, 11) is 1.63. The lowest BCUT2D eigenvalue weighted by Gasteiger charge is -2.08. The highest BCUT2D eigenvalue weighted by atomic mass is 19.1. The maximum Gasteiger partial charge on any atom is 0.220 e. The van der Waals surface area contributed by atoms with E-state index in [1.165, 1.54) is 12.1 Å². The number of aryl methyl sites for hydroxylation is 1. The van der Waals surface area contributed by atoms with Crippen molar-refractivity contribution in [3.63, 3.8) is 0 Å². The van der Waals surface area contributed by atoms with Gasteiger partial charge in [-0.2, -0.15) is 0 Å². The Balaban J connectivity index is 1.73. The molecule has 1 N–H and O–H groups in total. The molecule has 2 aromatic carbocycles. The zero-order valence-electron chi connectivity index (χ0n) is 12.6. The summed E-state index contributed by atoms with van der Waals surface area (Å²) in [5, 5.41) is 2.88. The second kappa shape index (κ2) is 8.17. The van der Waals surface area contributed by atoms with E-state index < -0.39 is 0 Å². The van der Waals surface area contributed by atoms with Gasteiger partial charge in [-0.15, -0.1) is 0 Å². The van der Waals surface area contributed by atoms with Crippen LogP contribution in [0.5, 0.6) is 5.75 Å². The molecule has 0 fully saturated rings. The number of nitrogens with one attached hydrogen (secondary N) is 1. The maximum absolute atomic E-state index is 12.8. The Morgan fingerprint density at radius 3 is 2.55 bits per heavy atom. The Bertz CT molecular complexity index is 611. The summed E-state index contributed by atoms with van der Waals surface area (Å²) in [4.78, 5) is 11.8. The van der Waals surface area contributed by atoms with Crippen LogP contribution in [0.4, 0.5) is 4.39 Å². The Kier molecular flexibility index (Phi) is 5.95. The first-order chi connectivity index (χ1) is 10.7. The van der Waals surface area contributed by atoms with Crippen LogP contribution < -0.4 is 10.1 Å². The average Bonchev–Trinajstić information content (AvgIpc) is 2.55. The Labute approximate surface area is 130 Å². The van der Waals surface area contributed by atoms with Crippen molar-refractivity contribution in [2.75, 3.05) is 13.7 Å². The molecule has 0 radical (unpaired) electrons. The molecule has 0 aliphatic heterocycles. The van der Waals surface area contributed by atoms with E-state index in [1.807, 2.05) is 24.3 Å². The standard InChI is InChI=1S/C18H20FNO2/c1-22-17-5-3-2-4-15(17)8-11-18(21)20-13-12-14-6-9-16(19)10-7-14/h2-7,9-10H,8,11-13H2,1H3,(H,20,21). The minimum absolute atomic E-state index is 0.00742. The number of ether oxygens (including phenoxy) is 1. The van der Waals surface area contributed by atoms with Crippen molar-refractivity contribution in [2.24, 2.45) is 0 Å². The molecule has 0 saturated carbocycles. The summed E-state index contributed by atoms with van der Waals surface area (Å²) in [6.45, 7) is 0.552. The zero-order valence-corrected chi connectivity index (χ0v) is 12.6. The van der Waals surface area contributed by atoms with Gasteiger partial charge in [0.1, 0.15) is 11.6 Å². The minimum atomic E-state index is -0.246. The third kappa shape index (κ3) is 4.88. The van der Waals surface area contributed by atoms with Gasteiger partial charge < -0.3 is 10.1 Å². The van der Waals surface area contributed by atoms with Crippen molar-refractivity contribution in [1.29, 1.82) is 0 Å².